The minimum atomic E-state index is -0.468. The van der Waals surface area contributed by atoms with E-state index in [0.29, 0.717) is 11.3 Å². The Morgan fingerprint density at radius 2 is 1.86 bits per heavy atom. The molecule has 2 aromatic carbocycles. The van der Waals surface area contributed by atoms with Crippen molar-refractivity contribution >= 4 is 40.1 Å². The van der Waals surface area contributed by atoms with Gasteiger partial charge in [0, 0.05) is 14.7 Å². The van der Waals surface area contributed by atoms with E-state index in [9.17, 15) is 4.39 Å². The number of nitrogen functional groups attached to an aromatic ring is 1. The molecule has 1 aromatic heterocycles. The molecule has 3 aromatic rings. The van der Waals surface area contributed by atoms with Crippen LogP contribution in [0.4, 0.5) is 10.3 Å². The lowest BCUT2D eigenvalue weighted by Crippen LogP contribution is -1.93. The van der Waals surface area contributed by atoms with Gasteiger partial charge in [0.1, 0.15) is 11.5 Å². The second kappa shape index (κ2) is 5.65. The van der Waals surface area contributed by atoms with Crippen LogP contribution in [0.3, 0.4) is 0 Å². The van der Waals surface area contributed by atoms with Crippen LogP contribution in [0.15, 0.2) is 47.0 Å². The van der Waals surface area contributed by atoms with E-state index in [4.69, 9.17) is 21.9 Å². The molecule has 106 valence electrons. The Morgan fingerprint density at radius 3 is 2.57 bits per heavy atom. The molecule has 21 heavy (non-hydrogen) atoms. The zero-order valence-electron chi connectivity index (χ0n) is 10.6. The molecule has 0 fully saturated rings. The predicted molar refractivity (Wildman–Crippen MR) is 89.5 cm³/mol. The predicted octanol–water partition coefficient (Wildman–Crippen LogP) is 4.99. The van der Waals surface area contributed by atoms with E-state index in [2.05, 4.69) is 27.7 Å². The second-order valence-corrected chi connectivity index (χ2v) is 5.92. The lowest BCUT2D eigenvalue weighted by atomic mass is 10.0. The highest BCUT2D eigenvalue weighted by molar-refractivity contribution is 14.1. The Morgan fingerprint density at radius 1 is 1.10 bits per heavy atom. The van der Waals surface area contributed by atoms with Crippen molar-refractivity contribution in [2.75, 3.05) is 5.73 Å². The molecule has 0 amide bonds. The van der Waals surface area contributed by atoms with Gasteiger partial charge in [-0.05, 0) is 40.8 Å². The summed E-state index contributed by atoms with van der Waals surface area (Å²) in [6.07, 6.45) is 0. The van der Waals surface area contributed by atoms with E-state index in [-0.39, 0.29) is 16.5 Å². The zero-order valence-corrected chi connectivity index (χ0v) is 13.5. The van der Waals surface area contributed by atoms with Gasteiger partial charge in [-0.2, -0.15) is 0 Å². The fourth-order valence-electron chi connectivity index (χ4n) is 2.12. The van der Waals surface area contributed by atoms with E-state index in [1.165, 1.54) is 12.1 Å². The number of anilines is 1. The van der Waals surface area contributed by atoms with Crippen LogP contribution in [0.2, 0.25) is 5.02 Å². The molecule has 0 aliphatic heterocycles. The Labute approximate surface area is 139 Å². The summed E-state index contributed by atoms with van der Waals surface area (Å²) in [4.78, 5) is 0. The number of benzene rings is 2. The molecular formula is C15H9ClFIN2O. The van der Waals surface area contributed by atoms with Crippen molar-refractivity contribution in [3.63, 3.8) is 0 Å². The minimum absolute atomic E-state index is 0.0386. The molecule has 0 saturated carbocycles. The van der Waals surface area contributed by atoms with Gasteiger partial charge in [-0.25, -0.2) is 4.39 Å². The van der Waals surface area contributed by atoms with E-state index < -0.39 is 5.82 Å². The molecular weight excluding hydrogens is 406 g/mol. The maximum atomic E-state index is 14.2. The van der Waals surface area contributed by atoms with Gasteiger partial charge in [0.05, 0.1) is 10.6 Å². The first-order valence-corrected chi connectivity index (χ1v) is 7.49. The molecule has 0 saturated heterocycles. The smallest absolute Gasteiger partial charge is 0.230 e. The Kier molecular flexibility index (Phi) is 3.86. The molecule has 2 N–H and O–H groups in total. The van der Waals surface area contributed by atoms with Crippen LogP contribution in [-0.2, 0) is 0 Å². The molecule has 3 rings (SSSR count). The van der Waals surface area contributed by atoms with E-state index in [1.807, 2.05) is 24.3 Å². The van der Waals surface area contributed by atoms with Gasteiger partial charge in [0.2, 0.25) is 5.88 Å². The Balaban J connectivity index is 2.31. The summed E-state index contributed by atoms with van der Waals surface area (Å²) >= 11 is 8.30. The van der Waals surface area contributed by atoms with Gasteiger partial charge < -0.3 is 10.3 Å². The third-order valence-corrected chi connectivity index (χ3v) is 4.32. The first kappa shape index (κ1) is 14.3. The molecule has 0 atom stereocenters. The SMILES string of the molecule is Nc1onc(-c2ccccc2I)c1-c1c(F)cccc1Cl. The fraction of sp³-hybridized carbons (Fsp3) is 0. The maximum Gasteiger partial charge on any atom is 0.230 e. The number of rotatable bonds is 2. The largest absolute Gasteiger partial charge is 0.367 e. The van der Waals surface area contributed by atoms with Gasteiger partial charge in [-0.3, -0.25) is 0 Å². The van der Waals surface area contributed by atoms with Crippen LogP contribution in [0.25, 0.3) is 22.4 Å². The van der Waals surface area contributed by atoms with Gasteiger partial charge >= 0.3 is 0 Å². The van der Waals surface area contributed by atoms with Crippen LogP contribution in [0, 0.1) is 9.39 Å². The van der Waals surface area contributed by atoms with Gasteiger partial charge in [0.25, 0.3) is 0 Å². The van der Waals surface area contributed by atoms with E-state index in [0.717, 1.165) is 9.13 Å². The number of nitrogens with two attached hydrogens (primary N) is 1. The molecule has 0 spiro atoms. The number of aromatic nitrogens is 1. The van der Waals surface area contributed by atoms with Crippen molar-refractivity contribution in [1.82, 2.24) is 5.16 Å². The van der Waals surface area contributed by atoms with Crippen molar-refractivity contribution in [2.45, 2.75) is 0 Å². The molecule has 0 aliphatic rings. The number of hydrogen-bond donors (Lipinski definition) is 1. The van der Waals surface area contributed by atoms with Crippen molar-refractivity contribution < 1.29 is 8.91 Å². The maximum absolute atomic E-state index is 14.2. The van der Waals surface area contributed by atoms with Crippen LogP contribution in [-0.4, -0.2) is 5.16 Å². The summed E-state index contributed by atoms with van der Waals surface area (Å²) in [5.74, 6) is -0.429. The lowest BCUT2D eigenvalue weighted by Gasteiger charge is -2.07. The topological polar surface area (TPSA) is 52.0 Å². The van der Waals surface area contributed by atoms with Crippen molar-refractivity contribution in [1.29, 1.82) is 0 Å². The monoisotopic (exact) mass is 414 g/mol. The summed E-state index contributed by atoms with van der Waals surface area (Å²) in [7, 11) is 0. The highest BCUT2D eigenvalue weighted by atomic mass is 127. The highest BCUT2D eigenvalue weighted by Gasteiger charge is 2.23. The van der Waals surface area contributed by atoms with E-state index in [1.54, 1.807) is 6.07 Å². The standard InChI is InChI=1S/C15H9ClFIN2O/c16-9-5-3-6-10(17)12(9)13-14(20-21-15(13)19)8-4-1-2-7-11(8)18/h1-7H,19H2. The van der Waals surface area contributed by atoms with E-state index >= 15 is 0 Å². The number of nitrogens with zero attached hydrogens (tertiary/aromatic N) is 1. The van der Waals surface area contributed by atoms with Gasteiger partial charge in [-0.15, -0.1) is 0 Å². The molecule has 0 unspecified atom stereocenters. The van der Waals surface area contributed by atoms with Crippen LogP contribution >= 0.6 is 34.2 Å². The quantitative estimate of drug-likeness (QED) is 0.601. The number of hydrogen-bond acceptors (Lipinski definition) is 3. The third kappa shape index (κ3) is 2.51. The van der Waals surface area contributed by atoms with Crippen LogP contribution in [0.1, 0.15) is 0 Å². The Hall–Kier alpha value is -1.60. The normalized spacial score (nSPS) is 10.8. The van der Waals surface area contributed by atoms with Crippen LogP contribution in [0.5, 0.6) is 0 Å². The van der Waals surface area contributed by atoms with Crippen LogP contribution < -0.4 is 5.73 Å². The van der Waals surface area contributed by atoms with Crippen molar-refractivity contribution in [3.05, 3.63) is 56.9 Å². The first-order valence-electron chi connectivity index (χ1n) is 6.04. The Bertz CT molecular complexity index is 799. The second-order valence-electron chi connectivity index (χ2n) is 4.35. The molecule has 3 nitrogen and oxygen atoms in total. The zero-order chi connectivity index (χ0) is 15.0. The average molecular weight is 415 g/mol. The molecule has 1 heterocycles. The highest BCUT2D eigenvalue weighted by Crippen LogP contribution is 2.41. The molecule has 0 aliphatic carbocycles. The van der Waals surface area contributed by atoms with Gasteiger partial charge in [0.15, 0.2) is 0 Å². The molecule has 6 heteroatoms. The summed E-state index contributed by atoms with van der Waals surface area (Å²) in [5.41, 5.74) is 7.71. The first-order chi connectivity index (χ1) is 10.1. The van der Waals surface area contributed by atoms with Gasteiger partial charge in [-0.1, -0.05) is 41.0 Å². The summed E-state index contributed by atoms with van der Waals surface area (Å²) in [6.45, 7) is 0. The average Bonchev–Trinajstić information content (AvgIpc) is 2.81. The lowest BCUT2D eigenvalue weighted by molar-refractivity contribution is 0.439. The molecule has 0 radical (unpaired) electrons. The summed E-state index contributed by atoms with van der Waals surface area (Å²) in [5, 5.41) is 4.24. The van der Waals surface area contributed by atoms with Crippen molar-refractivity contribution in [3.8, 4) is 22.4 Å². The third-order valence-electron chi connectivity index (χ3n) is 3.06. The number of halogens is 3. The summed E-state index contributed by atoms with van der Waals surface area (Å²) in [6, 6.07) is 12.0. The van der Waals surface area contributed by atoms with Crippen molar-refractivity contribution in [2.24, 2.45) is 0 Å². The fourth-order valence-corrected chi connectivity index (χ4v) is 3.02. The summed E-state index contributed by atoms with van der Waals surface area (Å²) < 4.78 is 20.2. The molecule has 0 bridgehead atoms. The minimum Gasteiger partial charge on any atom is -0.367 e.